The quantitative estimate of drug-likeness (QED) is 0.419. The Hall–Kier alpha value is -0.530. The summed E-state index contributed by atoms with van der Waals surface area (Å²) in [4.78, 5) is 11.1. The molecule has 0 aliphatic rings. The zero-order chi connectivity index (χ0) is 10.6. The molecule has 0 fully saturated rings. The van der Waals surface area contributed by atoms with Gasteiger partial charge in [0.25, 0.3) is 0 Å². The minimum absolute atomic E-state index is 0.0256. The fraction of sp³-hybridized carbons (Fsp3) is 0.917. The van der Waals surface area contributed by atoms with Crippen LogP contribution in [0, 0.1) is 0 Å². The smallest absolute Gasteiger partial charge is 0.305 e. The van der Waals surface area contributed by atoms with Crippen LogP contribution in [0.25, 0.3) is 0 Å². The monoisotopic (exact) mass is 200 g/mol. The lowest BCUT2D eigenvalue weighted by atomic mass is 10.2. The maximum Gasteiger partial charge on any atom is 0.305 e. The largest absolute Gasteiger partial charge is 0.466 e. The molecule has 0 aromatic carbocycles. The lowest BCUT2D eigenvalue weighted by Crippen LogP contribution is -2.05. The number of hydrogen-bond donors (Lipinski definition) is 0. The molecule has 84 valence electrons. The number of ether oxygens (including phenoxy) is 1. The van der Waals surface area contributed by atoms with E-state index in [1.807, 2.05) is 0 Å². The topological polar surface area (TPSA) is 26.3 Å². The second kappa shape index (κ2) is 10.6. The molecule has 2 nitrogen and oxygen atoms in total. The van der Waals surface area contributed by atoms with Gasteiger partial charge in [0, 0.05) is 6.42 Å². The molecular formula is C12H24O2. The van der Waals surface area contributed by atoms with Crippen LogP contribution in [0.5, 0.6) is 0 Å². The van der Waals surface area contributed by atoms with Gasteiger partial charge in [0.15, 0.2) is 0 Å². The molecule has 0 atom stereocenters. The molecular weight excluding hydrogens is 176 g/mol. The number of unbranched alkanes of at least 4 members (excludes halogenated alkanes) is 5. The Bertz CT molecular complexity index is 132. The molecule has 0 bridgehead atoms. The van der Waals surface area contributed by atoms with Crippen molar-refractivity contribution in [3.63, 3.8) is 0 Å². The van der Waals surface area contributed by atoms with Gasteiger partial charge in [-0.15, -0.1) is 0 Å². The van der Waals surface area contributed by atoms with Gasteiger partial charge in [-0.05, 0) is 12.8 Å². The average molecular weight is 200 g/mol. The number of esters is 1. The zero-order valence-corrected chi connectivity index (χ0v) is 9.68. The first-order valence-electron chi connectivity index (χ1n) is 5.96. The lowest BCUT2D eigenvalue weighted by molar-refractivity contribution is -0.143. The van der Waals surface area contributed by atoms with Crippen LogP contribution in [0.2, 0.25) is 0 Å². The molecule has 14 heavy (non-hydrogen) atoms. The van der Waals surface area contributed by atoms with E-state index in [1.54, 1.807) is 0 Å². The summed E-state index contributed by atoms with van der Waals surface area (Å²) in [5, 5.41) is 0. The van der Waals surface area contributed by atoms with Crippen molar-refractivity contribution < 1.29 is 9.53 Å². The van der Waals surface area contributed by atoms with Crippen LogP contribution >= 0.6 is 0 Å². The van der Waals surface area contributed by atoms with Gasteiger partial charge in [-0.2, -0.15) is 0 Å². The number of hydrogen-bond acceptors (Lipinski definition) is 2. The molecule has 0 aliphatic carbocycles. The van der Waals surface area contributed by atoms with Crippen LogP contribution < -0.4 is 0 Å². The van der Waals surface area contributed by atoms with Crippen LogP contribution in [0.4, 0.5) is 0 Å². The van der Waals surface area contributed by atoms with E-state index in [0.29, 0.717) is 13.0 Å². The number of carbonyl (C=O) groups excluding carboxylic acids is 1. The molecule has 0 radical (unpaired) electrons. The third-order valence-corrected chi connectivity index (χ3v) is 2.25. The first kappa shape index (κ1) is 13.5. The van der Waals surface area contributed by atoms with E-state index in [1.165, 1.54) is 25.7 Å². The van der Waals surface area contributed by atoms with Gasteiger partial charge in [0.05, 0.1) is 6.61 Å². The van der Waals surface area contributed by atoms with Gasteiger partial charge in [-0.25, -0.2) is 0 Å². The van der Waals surface area contributed by atoms with Crippen molar-refractivity contribution in [1.29, 1.82) is 0 Å². The van der Waals surface area contributed by atoms with Crippen molar-refractivity contribution in [1.82, 2.24) is 0 Å². The fourth-order valence-electron chi connectivity index (χ4n) is 1.28. The van der Waals surface area contributed by atoms with Crippen LogP contribution in [-0.2, 0) is 9.53 Å². The van der Waals surface area contributed by atoms with Crippen LogP contribution in [0.15, 0.2) is 0 Å². The highest BCUT2D eigenvalue weighted by Crippen LogP contribution is 2.03. The number of rotatable bonds is 9. The van der Waals surface area contributed by atoms with Gasteiger partial charge in [0.2, 0.25) is 0 Å². The van der Waals surface area contributed by atoms with Crippen molar-refractivity contribution in [3.8, 4) is 0 Å². The predicted octanol–water partition coefficient (Wildman–Crippen LogP) is 3.69. The molecule has 0 aliphatic heterocycles. The highest BCUT2D eigenvalue weighted by molar-refractivity contribution is 5.69. The maximum atomic E-state index is 11.1. The first-order valence-corrected chi connectivity index (χ1v) is 5.96. The summed E-state index contributed by atoms with van der Waals surface area (Å²) in [6.45, 7) is 4.90. The molecule has 0 rings (SSSR count). The standard InChI is InChI=1S/C12H24O2/c1-3-5-7-8-9-11-14-12(13)10-6-4-2/h3-11H2,1-2H3. The van der Waals surface area contributed by atoms with Crippen molar-refractivity contribution >= 4 is 5.97 Å². The van der Waals surface area contributed by atoms with E-state index in [2.05, 4.69) is 13.8 Å². The normalized spacial score (nSPS) is 10.1. The Kier molecular flexibility index (Phi) is 10.2. The zero-order valence-electron chi connectivity index (χ0n) is 9.68. The summed E-state index contributed by atoms with van der Waals surface area (Å²) in [7, 11) is 0. The predicted molar refractivity (Wildman–Crippen MR) is 59.2 cm³/mol. The molecule has 0 aromatic heterocycles. The second-order valence-corrected chi connectivity index (χ2v) is 3.74. The van der Waals surface area contributed by atoms with E-state index in [-0.39, 0.29) is 5.97 Å². The van der Waals surface area contributed by atoms with Crippen molar-refractivity contribution in [2.75, 3.05) is 6.61 Å². The first-order chi connectivity index (χ1) is 6.81. The Labute approximate surface area is 88.0 Å². The van der Waals surface area contributed by atoms with Crippen LogP contribution in [-0.4, -0.2) is 12.6 Å². The van der Waals surface area contributed by atoms with E-state index >= 15 is 0 Å². The van der Waals surface area contributed by atoms with Gasteiger partial charge in [-0.3, -0.25) is 4.79 Å². The minimum atomic E-state index is -0.0256. The summed E-state index contributed by atoms with van der Waals surface area (Å²) in [6.07, 6.45) is 8.64. The molecule has 0 N–H and O–H groups in total. The van der Waals surface area contributed by atoms with E-state index in [9.17, 15) is 4.79 Å². The molecule has 0 spiro atoms. The molecule has 0 heterocycles. The average Bonchev–Trinajstić information content (AvgIpc) is 2.20. The van der Waals surface area contributed by atoms with Crippen molar-refractivity contribution in [3.05, 3.63) is 0 Å². The van der Waals surface area contributed by atoms with Gasteiger partial charge >= 0.3 is 5.97 Å². The maximum absolute atomic E-state index is 11.1. The van der Waals surface area contributed by atoms with E-state index in [0.717, 1.165) is 19.3 Å². The van der Waals surface area contributed by atoms with Crippen molar-refractivity contribution in [2.45, 2.75) is 65.2 Å². The Morgan fingerprint density at radius 3 is 2.21 bits per heavy atom. The summed E-state index contributed by atoms with van der Waals surface area (Å²) in [5.41, 5.74) is 0. The molecule has 2 heteroatoms. The molecule has 0 unspecified atom stereocenters. The molecule has 0 saturated carbocycles. The van der Waals surface area contributed by atoms with E-state index in [4.69, 9.17) is 4.74 Å². The Morgan fingerprint density at radius 2 is 1.57 bits per heavy atom. The summed E-state index contributed by atoms with van der Waals surface area (Å²) in [6, 6.07) is 0. The third kappa shape index (κ3) is 9.56. The minimum Gasteiger partial charge on any atom is -0.466 e. The van der Waals surface area contributed by atoms with Gasteiger partial charge in [0.1, 0.15) is 0 Å². The Morgan fingerprint density at radius 1 is 0.929 bits per heavy atom. The second-order valence-electron chi connectivity index (χ2n) is 3.74. The SMILES string of the molecule is CCCCCCCOC(=O)CCCC. The van der Waals surface area contributed by atoms with Crippen molar-refractivity contribution in [2.24, 2.45) is 0 Å². The highest BCUT2D eigenvalue weighted by Gasteiger charge is 2.00. The summed E-state index contributed by atoms with van der Waals surface area (Å²) in [5.74, 6) is -0.0256. The van der Waals surface area contributed by atoms with Crippen LogP contribution in [0.3, 0.4) is 0 Å². The van der Waals surface area contributed by atoms with Gasteiger partial charge in [-0.1, -0.05) is 46.0 Å². The lowest BCUT2D eigenvalue weighted by Gasteiger charge is -2.03. The van der Waals surface area contributed by atoms with Crippen LogP contribution in [0.1, 0.15) is 65.2 Å². The molecule has 0 amide bonds. The third-order valence-electron chi connectivity index (χ3n) is 2.25. The van der Waals surface area contributed by atoms with Gasteiger partial charge < -0.3 is 4.74 Å². The summed E-state index contributed by atoms with van der Waals surface area (Å²) < 4.78 is 5.09. The summed E-state index contributed by atoms with van der Waals surface area (Å²) >= 11 is 0. The highest BCUT2D eigenvalue weighted by atomic mass is 16.5. The molecule has 0 saturated heterocycles. The number of carbonyl (C=O) groups is 1. The van der Waals surface area contributed by atoms with E-state index < -0.39 is 0 Å². The molecule has 0 aromatic rings. The fourth-order valence-corrected chi connectivity index (χ4v) is 1.28. The Balaban J connectivity index is 3.07.